The second-order valence-electron chi connectivity index (χ2n) is 4.77. The maximum Gasteiger partial charge on any atom is 0.433 e. The molecular weight excluding hydrogens is 322 g/mol. The number of benzene rings is 1. The minimum absolute atomic E-state index is 0.215. The summed E-state index contributed by atoms with van der Waals surface area (Å²) in [5, 5.41) is 16.6. The molecule has 0 unspecified atom stereocenters. The molecule has 0 fully saturated rings. The number of nitrogens with zero attached hydrogens (tertiary/aromatic N) is 3. The van der Waals surface area contributed by atoms with Crippen LogP contribution in [-0.2, 0) is 4.79 Å². The van der Waals surface area contributed by atoms with Crippen molar-refractivity contribution in [1.82, 2.24) is 0 Å². The summed E-state index contributed by atoms with van der Waals surface area (Å²) in [6.07, 6.45) is 1.43. The van der Waals surface area contributed by atoms with Crippen LogP contribution in [0.4, 0.5) is 11.6 Å². The summed E-state index contributed by atoms with van der Waals surface area (Å²) in [6, 6.07) is 9.33. The van der Waals surface area contributed by atoms with E-state index < -0.39 is 4.92 Å². The number of furan rings is 1. The summed E-state index contributed by atoms with van der Waals surface area (Å²) >= 11 is 5.83. The van der Waals surface area contributed by atoms with Gasteiger partial charge in [-0.3, -0.25) is 14.9 Å². The van der Waals surface area contributed by atoms with Gasteiger partial charge in [0.2, 0.25) is 0 Å². The molecular formula is C15H10ClN3O4. The van der Waals surface area contributed by atoms with Crippen molar-refractivity contribution in [1.29, 1.82) is 0 Å². The van der Waals surface area contributed by atoms with Gasteiger partial charge >= 0.3 is 5.88 Å². The Morgan fingerprint density at radius 2 is 1.96 bits per heavy atom. The van der Waals surface area contributed by atoms with Gasteiger partial charge in [0.15, 0.2) is 0 Å². The molecule has 0 saturated carbocycles. The highest BCUT2D eigenvalue weighted by Crippen LogP contribution is 2.27. The topological polar surface area (TPSA) is 89.0 Å². The second kappa shape index (κ2) is 5.69. The standard InChI is InChI=1S/C15H10ClN3O4/c1-9-13(8-12-6-7-14(23-12)19(21)22)15(20)18(17-9)11-4-2-10(16)3-5-11/h2-8H,1H3. The van der Waals surface area contributed by atoms with Crippen LogP contribution in [0, 0.1) is 10.1 Å². The van der Waals surface area contributed by atoms with Crippen molar-refractivity contribution in [3.63, 3.8) is 0 Å². The van der Waals surface area contributed by atoms with Crippen LogP contribution in [0.15, 0.2) is 51.5 Å². The fourth-order valence-electron chi connectivity index (χ4n) is 2.10. The predicted molar refractivity (Wildman–Crippen MR) is 85.4 cm³/mol. The van der Waals surface area contributed by atoms with Crippen molar-refractivity contribution in [2.24, 2.45) is 5.10 Å². The smallest absolute Gasteiger partial charge is 0.401 e. The number of hydrogen-bond donors (Lipinski definition) is 0. The molecule has 23 heavy (non-hydrogen) atoms. The van der Waals surface area contributed by atoms with E-state index in [1.165, 1.54) is 23.2 Å². The summed E-state index contributed by atoms with van der Waals surface area (Å²) in [6.45, 7) is 1.68. The number of halogens is 1. The number of rotatable bonds is 3. The molecule has 2 aromatic rings. The van der Waals surface area contributed by atoms with Crippen molar-refractivity contribution in [3.8, 4) is 0 Å². The molecule has 2 heterocycles. The zero-order valence-corrected chi connectivity index (χ0v) is 12.6. The molecule has 3 rings (SSSR count). The van der Waals surface area contributed by atoms with E-state index in [2.05, 4.69) is 5.10 Å². The predicted octanol–water partition coefficient (Wildman–Crippen LogP) is 3.65. The first-order chi connectivity index (χ1) is 11.0. The molecule has 1 aliphatic rings. The fraction of sp³-hybridized carbons (Fsp3) is 0.0667. The molecule has 1 aliphatic heterocycles. The van der Waals surface area contributed by atoms with Crippen molar-refractivity contribution in [2.45, 2.75) is 6.92 Å². The molecule has 0 saturated heterocycles. The maximum atomic E-state index is 12.5. The average Bonchev–Trinajstić information content (AvgIpc) is 3.09. The molecule has 0 atom stereocenters. The van der Waals surface area contributed by atoms with Crippen molar-refractivity contribution < 1.29 is 14.1 Å². The molecule has 7 nitrogen and oxygen atoms in total. The molecule has 1 amide bonds. The van der Waals surface area contributed by atoms with E-state index in [9.17, 15) is 14.9 Å². The Balaban J connectivity index is 1.91. The van der Waals surface area contributed by atoms with Crippen LogP contribution < -0.4 is 5.01 Å². The first-order valence-electron chi connectivity index (χ1n) is 6.57. The number of hydrogen-bond acceptors (Lipinski definition) is 5. The van der Waals surface area contributed by atoms with Gasteiger partial charge < -0.3 is 4.42 Å². The minimum Gasteiger partial charge on any atom is -0.401 e. The lowest BCUT2D eigenvalue weighted by Crippen LogP contribution is -2.21. The lowest BCUT2D eigenvalue weighted by atomic mass is 10.1. The van der Waals surface area contributed by atoms with Gasteiger partial charge in [-0.15, -0.1) is 0 Å². The number of anilines is 1. The number of nitro groups is 1. The zero-order valence-electron chi connectivity index (χ0n) is 11.9. The van der Waals surface area contributed by atoms with E-state index in [0.29, 0.717) is 22.0 Å². The Hall–Kier alpha value is -2.93. The summed E-state index contributed by atoms with van der Waals surface area (Å²) in [7, 11) is 0. The quantitative estimate of drug-likeness (QED) is 0.488. The second-order valence-corrected chi connectivity index (χ2v) is 5.21. The molecule has 0 aliphatic carbocycles. The SMILES string of the molecule is CC1=NN(c2ccc(Cl)cc2)C(=O)C1=Cc1ccc([N+](=O)[O-])o1. The normalized spacial score (nSPS) is 16.1. The van der Waals surface area contributed by atoms with Gasteiger partial charge in [-0.2, -0.15) is 10.1 Å². The first-order valence-corrected chi connectivity index (χ1v) is 6.95. The highest BCUT2D eigenvalue weighted by atomic mass is 35.5. The van der Waals surface area contributed by atoms with Crippen LogP contribution in [0.1, 0.15) is 12.7 Å². The van der Waals surface area contributed by atoms with E-state index in [4.69, 9.17) is 16.0 Å². The van der Waals surface area contributed by atoms with Crippen LogP contribution in [0.5, 0.6) is 0 Å². The maximum absolute atomic E-state index is 12.5. The monoisotopic (exact) mass is 331 g/mol. The van der Waals surface area contributed by atoms with Crippen LogP contribution in [0.2, 0.25) is 5.02 Å². The molecule has 1 aromatic heterocycles. The molecule has 0 bridgehead atoms. The van der Waals surface area contributed by atoms with Crippen LogP contribution in [-0.4, -0.2) is 16.5 Å². The first kappa shape index (κ1) is 15.0. The molecule has 116 valence electrons. The Labute approximate surface area is 135 Å². The van der Waals surface area contributed by atoms with Crippen molar-refractivity contribution in [3.05, 3.63) is 62.9 Å². The van der Waals surface area contributed by atoms with E-state index >= 15 is 0 Å². The minimum atomic E-state index is -0.639. The average molecular weight is 332 g/mol. The lowest BCUT2D eigenvalue weighted by Gasteiger charge is -2.11. The summed E-state index contributed by atoms with van der Waals surface area (Å²) in [5.41, 5.74) is 1.38. The summed E-state index contributed by atoms with van der Waals surface area (Å²) in [5.74, 6) is -0.511. The highest BCUT2D eigenvalue weighted by Gasteiger charge is 2.29. The van der Waals surface area contributed by atoms with Gasteiger partial charge in [-0.25, -0.2) is 0 Å². The Morgan fingerprint density at radius 3 is 2.57 bits per heavy atom. The number of hydrazone groups is 1. The van der Waals surface area contributed by atoms with E-state index in [1.807, 2.05) is 0 Å². The largest absolute Gasteiger partial charge is 0.433 e. The number of carbonyl (C=O) groups excluding carboxylic acids is 1. The van der Waals surface area contributed by atoms with Gasteiger partial charge in [0.25, 0.3) is 5.91 Å². The zero-order chi connectivity index (χ0) is 16.6. The van der Waals surface area contributed by atoms with Gasteiger partial charge in [-0.1, -0.05) is 11.6 Å². The van der Waals surface area contributed by atoms with Crippen molar-refractivity contribution >= 4 is 40.9 Å². The molecule has 0 N–H and O–H groups in total. The van der Waals surface area contributed by atoms with E-state index in [0.717, 1.165) is 0 Å². The number of amides is 1. The Kier molecular flexibility index (Phi) is 3.71. The Bertz CT molecular complexity index is 852. The van der Waals surface area contributed by atoms with Crippen LogP contribution in [0.25, 0.3) is 6.08 Å². The van der Waals surface area contributed by atoms with Crippen molar-refractivity contribution in [2.75, 3.05) is 5.01 Å². The van der Waals surface area contributed by atoms with Crippen LogP contribution in [0.3, 0.4) is 0 Å². The lowest BCUT2D eigenvalue weighted by molar-refractivity contribution is -0.402. The molecule has 8 heteroatoms. The third-order valence-corrected chi connectivity index (χ3v) is 3.46. The van der Waals surface area contributed by atoms with Gasteiger partial charge in [-0.05, 0) is 43.3 Å². The summed E-state index contributed by atoms with van der Waals surface area (Å²) < 4.78 is 5.04. The molecule has 0 spiro atoms. The third-order valence-electron chi connectivity index (χ3n) is 3.21. The van der Waals surface area contributed by atoms with Gasteiger partial charge in [0.05, 0.1) is 23.0 Å². The fourth-order valence-corrected chi connectivity index (χ4v) is 2.23. The molecule has 0 radical (unpaired) electrons. The van der Waals surface area contributed by atoms with Gasteiger partial charge in [0.1, 0.15) is 10.7 Å². The van der Waals surface area contributed by atoms with Crippen LogP contribution >= 0.6 is 11.6 Å². The Morgan fingerprint density at radius 1 is 1.26 bits per heavy atom. The molecule has 1 aromatic carbocycles. The summed E-state index contributed by atoms with van der Waals surface area (Å²) in [4.78, 5) is 22.5. The highest BCUT2D eigenvalue weighted by molar-refractivity contribution is 6.32. The third kappa shape index (κ3) is 2.86. The van der Waals surface area contributed by atoms with E-state index in [1.54, 1.807) is 31.2 Å². The number of carbonyl (C=O) groups is 1. The van der Waals surface area contributed by atoms with E-state index in [-0.39, 0.29) is 17.6 Å². The van der Waals surface area contributed by atoms with Gasteiger partial charge in [0, 0.05) is 5.02 Å².